The maximum absolute atomic E-state index is 11.7. The van der Waals surface area contributed by atoms with Crippen LogP contribution in [0.15, 0.2) is 11.6 Å². The summed E-state index contributed by atoms with van der Waals surface area (Å²) in [6, 6.07) is 0. The van der Waals surface area contributed by atoms with Crippen molar-refractivity contribution >= 4 is 5.97 Å². The Bertz CT molecular complexity index is 258. The van der Waals surface area contributed by atoms with E-state index < -0.39 is 0 Å². The first kappa shape index (κ1) is 14.3. The van der Waals surface area contributed by atoms with Crippen LogP contribution in [-0.4, -0.2) is 12.1 Å². The smallest absolute Gasteiger partial charge is 0.306 e. The number of allylic oxidation sites excluding steroid dienone is 2. The molecule has 0 bridgehead atoms. The second-order valence-corrected chi connectivity index (χ2v) is 5.56. The van der Waals surface area contributed by atoms with E-state index in [-0.39, 0.29) is 12.1 Å². The highest BCUT2D eigenvalue weighted by Crippen LogP contribution is 2.22. The Morgan fingerprint density at radius 3 is 2.59 bits per heavy atom. The first-order valence-electron chi connectivity index (χ1n) is 6.90. The summed E-state index contributed by atoms with van der Waals surface area (Å²) in [7, 11) is 0. The van der Waals surface area contributed by atoms with E-state index in [1.807, 2.05) is 0 Å². The van der Waals surface area contributed by atoms with Crippen LogP contribution in [0.3, 0.4) is 0 Å². The predicted molar refractivity (Wildman–Crippen MR) is 70.8 cm³/mol. The van der Waals surface area contributed by atoms with Crippen LogP contribution in [0.2, 0.25) is 0 Å². The molecule has 0 saturated heterocycles. The monoisotopic (exact) mass is 238 g/mol. The number of esters is 1. The number of carbonyl (C=O) groups excluding carboxylic acids is 1. The van der Waals surface area contributed by atoms with Crippen molar-refractivity contribution in [1.29, 1.82) is 0 Å². The van der Waals surface area contributed by atoms with E-state index in [9.17, 15) is 4.79 Å². The topological polar surface area (TPSA) is 26.3 Å². The molecular formula is C15H26O2. The van der Waals surface area contributed by atoms with E-state index >= 15 is 0 Å². The van der Waals surface area contributed by atoms with Crippen LogP contribution < -0.4 is 0 Å². The quantitative estimate of drug-likeness (QED) is 0.511. The van der Waals surface area contributed by atoms with Crippen LogP contribution in [0.5, 0.6) is 0 Å². The lowest BCUT2D eigenvalue weighted by atomic mass is 10.0. The summed E-state index contributed by atoms with van der Waals surface area (Å²) >= 11 is 0. The van der Waals surface area contributed by atoms with E-state index in [0.717, 1.165) is 25.7 Å². The molecule has 0 aromatic heterocycles. The molecule has 0 aromatic carbocycles. The molecule has 2 heteroatoms. The molecular weight excluding hydrogens is 212 g/mol. The number of hydrogen-bond acceptors (Lipinski definition) is 2. The van der Waals surface area contributed by atoms with Crippen molar-refractivity contribution in [2.24, 2.45) is 5.92 Å². The summed E-state index contributed by atoms with van der Waals surface area (Å²) in [6.45, 7) is 6.35. The Morgan fingerprint density at radius 1 is 1.35 bits per heavy atom. The van der Waals surface area contributed by atoms with Crippen molar-refractivity contribution < 1.29 is 9.53 Å². The molecule has 2 nitrogen and oxygen atoms in total. The molecule has 0 N–H and O–H groups in total. The maximum atomic E-state index is 11.7. The van der Waals surface area contributed by atoms with Crippen LogP contribution in [0, 0.1) is 5.92 Å². The Balaban J connectivity index is 2.14. The summed E-state index contributed by atoms with van der Waals surface area (Å²) in [5.74, 6) is 0.432. The minimum absolute atomic E-state index is 0.00148. The Hall–Kier alpha value is -0.790. The lowest BCUT2D eigenvalue weighted by molar-refractivity contribution is -0.149. The highest BCUT2D eigenvalue weighted by atomic mass is 16.5. The van der Waals surface area contributed by atoms with Crippen molar-refractivity contribution in [3.05, 3.63) is 11.6 Å². The van der Waals surface area contributed by atoms with Gasteiger partial charge in [-0.2, -0.15) is 0 Å². The molecule has 0 heterocycles. The molecule has 0 spiro atoms. The molecule has 1 saturated carbocycles. The van der Waals surface area contributed by atoms with Crippen molar-refractivity contribution in [1.82, 2.24) is 0 Å². The van der Waals surface area contributed by atoms with Crippen molar-refractivity contribution in [2.45, 2.75) is 71.8 Å². The van der Waals surface area contributed by atoms with Gasteiger partial charge >= 0.3 is 5.97 Å². The highest BCUT2D eigenvalue weighted by molar-refractivity contribution is 5.69. The van der Waals surface area contributed by atoms with E-state index in [0.29, 0.717) is 12.3 Å². The second kappa shape index (κ2) is 7.52. The average Bonchev–Trinajstić information content (AvgIpc) is 2.69. The van der Waals surface area contributed by atoms with E-state index in [4.69, 9.17) is 4.74 Å². The summed E-state index contributed by atoms with van der Waals surface area (Å²) in [6.07, 6.45) is 9.74. The Morgan fingerprint density at radius 2 is 2.00 bits per heavy atom. The van der Waals surface area contributed by atoms with Crippen molar-refractivity contribution in [3.63, 3.8) is 0 Å². The maximum Gasteiger partial charge on any atom is 0.306 e. The predicted octanol–water partition coefficient (Wildman–Crippen LogP) is 4.24. The molecule has 98 valence electrons. The zero-order chi connectivity index (χ0) is 12.7. The van der Waals surface area contributed by atoms with Crippen LogP contribution in [0.1, 0.15) is 65.7 Å². The van der Waals surface area contributed by atoms with Crippen LogP contribution >= 0.6 is 0 Å². The first-order chi connectivity index (χ1) is 8.08. The molecule has 1 unspecified atom stereocenters. The fraction of sp³-hybridized carbons (Fsp3) is 0.800. The Labute approximate surface area is 105 Å². The standard InChI is InChI=1S/C15H26O2/c1-12(2)7-6-8-13(3)11-15(16)17-14-9-4-5-10-14/h7,13-14H,4-6,8-11H2,1-3H3. The third kappa shape index (κ3) is 6.50. The van der Waals surface area contributed by atoms with Crippen LogP contribution in [0.4, 0.5) is 0 Å². The third-order valence-electron chi connectivity index (χ3n) is 3.33. The van der Waals surface area contributed by atoms with E-state index in [1.54, 1.807) is 0 Å². The van der Waals surface area contributed by atoms with Gasteiger partial charge in [-0.25, -0.2) is 0 Å². The highest BCUT2D eigenvalue weighted by Gasteiger charge is 2.20. The number of ether oxygens (including phenoxy) is 1. The zero-order valence-electron chi connectivity index (χ0n) is 11.5. The first-order valence-corrected chi connectivity index (χ1v) is 6.90. The molecule has 1 aliphatic rings. The largest absolute Gasteiger partial charge is 0.462 e. The minimum atomic E-state index is 0.00148. The fourth-order valence-corrected chi connectivity index (χ4v) is 2.28. The van der Waals surface area contributed by atoms with Gasteiger partial charge in [0.05, 0.1) is 0 Å². The molecule has 1 fully saturated rings. The van der Waals surface area contributed by atoms with Gasteiger partial charge in [-0.15, -0.1) is 0 Å². The molecule has 1 aliphatic carbocycles. The van der Waals surface area contributed by atoms with Gasteiger partial charge in [0.1, 0.15) is 6.10 Å². The van der Waals surface area contributed by atoms with Gasteiger partial charge in [0.2, 0.25) is 0 Å². The zero-order valence-corrected chi connectivity index (χ0v) is 11.5. The summed E-state index contributed by atoms with van der Waals surface area (Å²) in [4.78, 5) is 11.7. The van der Waals surface area contributed by atoms with E-state index in [1.165, 1.54) is 18.4 Å². The third-order valence-corrected chi connectivity index (χ3v) is 3.33. The van der Waals surface area contributed by atoms with Gasteiger partial charge in [0.25, 0.3) is 0 Å². The van der Waals surface area contributed by atoms with Gasteiger partial charge in [-0.05, 0) is 58.3 Å². The molecule has 1 atom stereocenters. The van der Waals surface area contributed by atoms with Gasteiger partial charge in [-0.3, -0.25) is 4.79 Å². The average molecular weight is 238 g/mol. The molecule has 17 heavy (non-hydrogen) atoms. The van der Waals surface area contributed by atoms with Crippen molar-refractivity contribution in [3.8, 4) is 0 Å². The SMILES string of the molecule is CC(C)=CCCC(C)CC(=O)OC1CCCC1. The number of hydrogen-bond donors (Lipinski definition) is 0. The normalized spacial score (nSPS) is 17.8. The molecule has 1 rings (SSSR count). The van der Waals surface area contributed by atoms with Gasteiger partial charge in [0, 0.05) is 6.42 Å². The lowest BCUT2D eigenvalue weighted by Gasteiger charge is -2.14. The molecule has 0 aromatic rings. The van der Waals surface area contributed by atoms with Gasteiger partial charge in [-0.1, -0.05) is 18.6 Å². The lowest BCUT2D eigenvalue weighted by Crippen LogP contribution is -2.16. The fourth-order valence-electron chi connectivity index (χ4n) is 2.28. The summed E-state index contributed by atoms with van der Waals surface area (Å²) in [5.41, 5.74) is 1.35. The molecule has 0 amide bonds. The summed E-state index contributed by atoms with van der Waals surface area (Å²) in [5, 5.41) is 0. The van der Waals surface area contributed by atoms with Crippen LogP contribution in [-0.2, 0) is 9.53 Å². The summed E-state index contributed by atoms with van der Waals surface area (Å²) < 4.78 is 5.46. The molecule has 0 aliphatic heterocycles. The minimum Gasteiger partial charge on any atom is -0.462 e. The van der Waals surface area contributed by atoms with Crippen molar-refractivity contribution in [2.75, 3.05) is 0 Å². The number of carbonyl (C=O) groups is 1. The van der Waals surface area contributed by atoms with E-state index in [2.05, 4.69) is 26.8 Å². The second-order valence-electron chi connectivity index (χ2n) is 5.56. The van der Waals surface area contributed by atoms with Crippen LogP contribution in [0.25, 0.3) is 0 Å². The molecule has 0 radical (unpaired) electrons. The Kier molecular flexibility index (Phi) is 6.31. The number of rotatable bonds is 6. The van der Waals surface area contributed by atoms with Gasteiger partial charge in [0.15, 0.2) is 0 Å². The van der Waals surface area contributed by atoms with Gasteiger partial charge < -0.3 is 4.74 Å².